The zero-order valence-electron chi connectivity index (χ0n) is 11.5. The number of thioether (sulfide) groups is 1. The van der Waals surface area contributed by atoms with Crippen molar-refractivity contribution in [3.8, 4) is 17.7 Å². The normalized spacial score (nSPS) is 10.1. The van der Waals surface area contributed by atoms with E-state index in [1.165, 1.54) is 11.8 Å². The van der Waals surface area contributed by atoms with Crippen LogP contribution in [0.3, 0.4) is 0 Å². The zero-order chi connectivity index (χ0) is 14.7. The van der Waals surface area contributed by atoms with Crippen LogP contribution in [0.1, 0.15) is 16.7 Å². The lowest BCUT2D eigenvalue weighted by Gasteiger charge is -2.12. The quantitative estimate of drug-likeness (QED) is 0.689. The van der Waals surface area contributed by atoms with Crippen molar-refractivity contribution >= 4 is 17.6 Å². The van der Waals surface area contributed by atoms with Gasteiger partial charge in [0, 0.05) is 6.07 Å². The van der Waals surface area contributed by atoms with Crippen molar-refractivity contribution in [3.05, 3.63) is 34.9 Å². The first kappa shape index (κ1) is 14.2. The summed E-state index contributed by atoms with van der Waals surface area (Å²) in [6, 6.07) is 7.26. The van der Waals surface area contributed by atoms with E-state index >= 15 is 0 Å². The molecule has 0 aliphatic rings. The van der Waals surface area contributed by atoms with Gasteiger partial charge in [-0.2, -0.15) is 10.2 Å². The number of nitrogens with two attached hydrogens (primary N) is 1. The average molecular weight is 286 g/mol. The summed E-state index contributed by atoms with van der Waals surface area (Å²) < 4.78 is 5.81. The van der Waals surface area contributed by atoms with Gasteiger partial charge in [0.05, 0.1) is 11.6 Å². The fraction of sp³-hybridized carbons (Fsp3) is 0.214. The van der Waals surface area contributed by atoms with Gasteiger partial charge in [-0.3, -0.25) is 0 Å². The van der Waals surface area contributed by atoms with Crippen LogP contribution in [0.4, 0.5) is 5.82 Å². The number of hydrogen-bond donors (Lipinski definition) is 1. The molecule has 0 saturated carbocycles. The maximum atomic E-state index is 8.94. The van der Waals surface area contributed by atoms with E-state index in [0.29, 0.717) is 28.2 Å². The van der Waals surface area contributed by atoms with E-state index in [2.05, 4.69) is 16.0 Å². The molecule has 0 amide bonds. The minimum atomic E-state index is 0.364. The van der Waals surface area contributed by atoms with Crippen molar-refractivity contribution in [1.29, 1.82) is 5.26 Å². The Kier molecular flexibility index (Phi) is 4.11. The summed E-state index contributed by atoms with van der Waals surface area (Å²) in [5.41, 5.74) is 8.09. The van der Waals surface area contributed by atoms with Crippen molar-refractivity contribution in [1.82, 2.24) is 9.97 Å². The van der Waals surface area contributed by atoms with E-state index < -0.39 is 0 Å². The van der Waals surface area contributed by atoms with Gasteiger partial charge >= 0.3 is 0 Å². The Morgan fingerprint density at radius 2 is 1.85 bits per heavy atom. The first-order valence-electron chi connectivity index (χ1n) is 5.91. The van der Waals surface area contributed by atoms with E-state index in [4.69, 9.17) is 15.7 Å². The third kappa shape index (κ3) is 3.00. The molecule has 0 aliphatic heterocycles. The molecule has 1 aromatic heterocycles. The summed E-state index contributed by atoms with van der Waals surface area (Å²) >= 11 is 1.40. The van der Waals surface area contributed by atoms with E-state index in [1.54, 1.807) is 18.2 Å². The number of nitriles is 1. The molecule has 0 unspecified atom stereocenters. The van der Waals surface area contributed by atoms with Crippen LogP contribution in [0.5, 0.6) is 11.6 Å². The number of nitrogens with zero attached hydrogens (tertiary/aromatic N) is 3. The van der Waals surface area contributed by atoms with Gasteiger partial charge in [0.2, 0.25) is 5.88 Å². The molecule has 0 fully saturated rings. The van der Waals surface area contributed by atoms with Gasteiger partial charge in [-0.15, -0.1) is 0 Å². The molecule has 1 heterocycles. The minimum absolute atomic E-state index is 0.364. The highest BCUT2D eigenvalue weighted by molar-refractivity contribution is 7.98. The number of benzene rings is 1. The molecule has 2 N–H and O–H groups in total. The summed E-state index contributed by atoms with van der Waals surface area (Å²) in [6.07, 6.45) is 1.87. The van der Waals surface area contributed by atoms with Crippen LogP contribution in [-0.2, 0) is 0 Å². The van der Waals surface area contributed by atoms with Crippen molar-refractivity contribution in [2.75, 3.05) is 12.0 Å². The third-order valence-electron chi connectivity index (χ3n) is 2.68. The Morgan fingerprint density at radius 3 is 2.40 bits per heavy atom. The molecule has 0 radical (unpaired) electrons. The second-order valence-electron chi connectivity index (χ2n) is 4.27. The molecule has 0 aliphatic carbocycles. The minimum Gasteiger partial charge on any atom is -0.438 e. The molecule has 2 aromatic rings. The Hall–Kier alpha value is -2.26. The van der Waals surface area contributed by atoms with Crippen LogP contribution in [-0.4, -0.2) is 16.2 Å². The van der Waals surface area contributed by atoms with E-state index in [1.807, 2.05) is 20.1 Å². The smallest absolute Gasteiger partial charge is 0.225 e. The lowest BCUT2D eigenvalue weighted by Crippen LogP contribution is -1.99. The molecular weight excluding hydrogens is 272 g/mol. The highest BCUT2D eigenvalue weighted by Crippen LogP contribution is 2.30. The Bertz CT molecular complexity index is 671. The van der Waals surface area contributed by atoms with E-state index in [9.17, 15) is 0 Å². The third-order valence-corrected chi connectivity index (χ3v) is 3.23. The maximum absolute atomic E-state index is 8.94. The molecule has 0 atom stereocenters. The van der Waals surface area contributed by atoms with Crippen LogP contribution in [0, 0.1) is 25.2 Å². The van der Waals surface area contributed by atoms with Crippen molar-refractivity contribution < 1.29 is 4.74 Å². The molecule has 1 aromatic carbocycles. The molecule has 5 nitrogen and oxygen atoms in total. The number of hydrogen-bond acceptors (Lipinski definition) is 6. The van der Waals surface area contributed by atoms with Gasteiger partial charge in [-0.05, 0) is 43.4 Å². The summed E-state index contributed by atoms with van der Waals surface area (Å²) in [7, 11) is 0. The Morgan fingerprint density at radius 1 is 1.20 bits per heavy atom. The fourth-order valence-electron chi connectivity index (χ4n) is 1.84. The number of nitrogen functional groups attached to an aromatic ring is 1. The number of rotatable bonds is 3. The molecular formula is C14H14N4OS. The molecule has 6 heteroatoms. The predicted molar refractivity (Wildman–Crippen MR) is 78.9 cm³/mol. The van der Waals surface area contributed by atoms with Crippen molar-refractivity contribution in [2.24, 2.45) is 0 Å². The number of ether oxygens (including phenoxy) is 1. The highest BCUT2D eigenvalue weighted by atomic mass is 32.2. The van der Waals surface area contributed by atoms with Crippen LogP contribution in [0.25, 0.3) is 0 Å². The van der Waals surface area contributed by atoms with Gasteiger partial charge in [-0.1, -0.05) is 11.8 Å². The first-order chi connectivity index (χ1) is 9.53. The van der Waals surface area contributed by atoms with E-state index in [0.717, 1.165) is 11.1 Å². The second kappa shape index (κ2) is 5.80. The lowest BCUT2D eigenvalue weighted by atomic mass is 10.1. The van der Waals surface area contributed by atoms with E-state index in [-0.39, 0.29) is 0 Å². The standard InChI is InChI=1S/C14H14N4OS/c1-8-4-10(7-15)5-9(2)13(8)19-12-6-11(16)17-14(18-12)20-3/h4-6H,1-3H3,(H2,16,17,18). The summed E-state index contributed by atoms with van der Waals surface area (Å²) in [5.74, 6) is 1.45. The topological polar surface area (TPSA) is 84.8 Å². The average Bonchev–Trinajstić information content (AvgIpc) is 2.41. The largest absolute Gasteiger partial charge is 0.438 e. The van der Waals surface area contributed by atoms with Crippen molar-refractivity contribution in [3.63, 3.8) is 0 Å². The van der Waals surface area contributed by atoms with Gasteiger partial charge in [0.25, 0.3) is 0 Å². The molecule has 20 heavy (non-hydrogen) atoms. The number of anilines is 1. The fourth-order valence-corrected chi connectivity index (χ4v) is 2.22. The molecule has 102 valence electrons. The summed E-state index contributed by atoms with van der Waals surface area (Å²) in [4.78, 5) is 8.33. The SMILES string of the molecule is CSc1nc(N)cc(Oc2c(C)cc(C#N)cc2C)n1. The summed E-state index contributed by atoms with van der Waals surface area (Å²) in [5, 5.41) is 9.50. The van der Waals surface area contributed by atoms with Gasteiger partial charge in [0.1, 0.15) is 11.6 Å². The monoisotopic (exact) mass is 286 g/mol. The summed E-state index contributed by atoms with van der Waals surface area (Å²) in [6.45, 7) is 3.78. The molecule has 0 spiro atoms. The Balaban J connectivity index is 2.40. The van der Waals surface area contributed by atoms with Crippen LogP contribution >= 0.6 is 11.8 Å². The lowest BCUT2D eigenvalue weighted by molar-refractivity contribution is 0.449. The maximum Gasteiger partial charge on any atom is 0.225 e. The Labute approximate surface area is 121 Å². The van der Waals surface area contributed by atoms with Gasteiger partial charge in [-0.25, -0.2) is 4.98 Å². The highest BCUT2D eigenvalue weighted by Gasteiger charge is 2.10. The van der Waals surface area contributed by atoms with Gasteiger partial charge < -0.3 is 10.5 Å². The van der Waals surface area contributed by atoms with Crippen molar-refractivity contribution in [2.45, 2.75) is 19.0 Å². The van der Waals surface area contributed by atoms with Crippen LogP contribution in [0.2, 0.25) is 0 Å². The zero-order valence-corrected chi connectivity index (χ0v) is 12.3. The molecule has 2 rings (SSSR count). The predicted octanol–water partition coefficient (Wildman–Crippen LogP) is 3.06. The van der Waals surface area contributed by atoms with Crippen LogP contribution in [0.15, 0.2) is 23.4 Å². The number of aryl methyl sites for hydroxylation is 2. The second-order valence-corrected chi connectivity index (χ2v) is 5.04. The molecule has 0 bridgehead atoms. The molecule has 0 saturated heterocycles. The first-order valence-corrected chi connectivity index (χ1v) is 7.13. The van der Waals surface area contributed by atoms with Crippen LogP contribution < -0.4 is 10.5 Å². The van der Waals surface area contributed by atoms with Gasteiger partial charge in [0.15, 0.2) is 5.16 Å². The number of aromatic nitrogens is 2.